The zero-order chi connectivity index (χ0) is 30.1. The number of pyridine rings is 1. The van der Waals surface area contributed by atoms with E-state index in [0.717, 1.165) is 44.8 Å². The van der Waals surface area contributed by atoms with Gasteiger partial charge >= 0.3 is 0 Å². The highest BCUT2D eigenvalue weighted by Gasteiger charge is 2.59. The summed E-state index contributed by atoms with van der Waals surface area (Å²) >= 11 is 0. The number of aryl methyl sites for hydroxylation is 1. The first kappa shape index (κ1) is 26.6. The maximum Gasteiger partial charge on any atom is 0.174 e. The standard InChI is InChI=1S/C35H31N7O2/c1-21-4-5-22(18-37-21)31-36-13-11-29(40-31)34-12-10-27(41-34)15-26-7-6-24(38-26)14-25-8-9-28(39-25)16-35(23-19-44-20-23)32(43)33(2,3)30(17-34)42-35/h4-18,23,38,42H,19-20H2,1-3H3. The molecule has 2 saturated heterocycles. The van der Waals surface area contributed by atoms with Crippen molar-refractivity contribution >= 4 is 29.4 Å². The number of rotatable bonds is 3. The monoisotopic (exact) mass is 581 g/mol. The second-order valence-electron chi connectivity index (χ2n) is 12.5. The largest absolute Gasteiger partial charge is 0.380 e. The molecule has 2 atom stereocenters. The van der Waals surface area contributed by atoms with Gasteiger partial charge in [-0.25, -0.2) is 15.0 Å². The van der Waals surface area contributed by atoms with E-state index in [4.69, 9.17) is 19.7 Å². The van der Waals surface area contributed by atoms with Crippen molar-refractivity contribution in [2.75, 3.05) is 13.2 Å². The van der Waals surface area contributed by atoms with E-state index in [1.165, 1.54) is 0 Å². The molecule has 44 heavy (non-hydrogen) atoms. The molecular weight excluding hydrogens is 550 g/mol. The molecule has 2 fully saturated rings. The van der Waals surface area contributed by atoms with Crippen molar-refractivity contribution in [1.29, 1.82) is 0 Å². The van der Waals surface area contributed by atoms with Gasteiger partial charge < -0.3 is 15.0 Å². The molecule has 0 spiro atoms. The normalized spacial score (nSPS) is 26.6. The minimum Gasteiger partial charge on any atom is -0.380 e. The van der Waals surface area contributed by atoms with Crippen molar-refractivity contribution < 1.29 is 9.53 Å². The van der Waals surface area contributed by atoms with Gasteiger partial charge in [0.2, 0.25) is 0 Å². The molecule has 0 amide bonds. The van der Waals surface area contributed by atoms with E-state index >= 15 is 0 Å². The predicted molar refractivity (Wildman–Crippen MR) is 169 cm³/mol. The number of Topliss-reactive ketones (excluding diaryl/α,β-unsaturated/α-hetero) is 1. The molecule has 218 valence electrons. The molecule has 9 nitrogen and oxygen atoms in total. The minimum atomic E-state index is -0.988. The lowest BCUT2D eigenvalue weighted by Gasteiger charge is -2.40. The highest BCUT2D eigenvalue weighted by atomic mass is 16.5. The highest BCUT2D eigenvalue weighted by Crippen LogP contribution is 2.47. The molecule has 0 aromatic carbocycles. The minimum absolute atomic E-state index is 0.0312. The van der Waals surface area contributed by atoms with Gasteiger partial charge in [-0.2, -0.15) is 0 Å². The summed E-state index contributed by atoms with van der Waals surface area (Å²) in [4.78, 5) is 42.1. The molecule has 0 radical (unpaired) electrons. The molecule has 3 aromatic heterocycles. The third kappa shape index (κ3) is 4.18. The first-order chi connectivity index (χ1) is 21.2. The maximum absolute atomic E-state index is 14.5. The molecule has 2 unspecified atom stereocenters. The molecule has 5 aliphatic rings. The molecule has 5 aliphatic heterocycles. The summed E-state index contributed by atoms with van der Waals surface area (Å²) in [5, 5.41) is 5.55. The Balaban J connectivity index is 1.36. The fourth-order valence-corrected chi connectivity index (χ4v) is 6.42. The number of H-pyrrole nitrogens is 1. The highest BCUT2D eigenvalue weighted by molar-refractivity contribution is 6.20. The molecule has 3 aromatic rings. The number of ether oxygens (including phenoxy) is 1. The van der Waals surface area contributed by atoms with Crippen LogP contribution in [0.4, 0.5) is 0 Å². The average Bonchev–Trinajstić information content (AvgIpc) is 3.75. The van der Waals surface area contributed by atoms with E-state index in [0.29, 0.717) is 24.7 Å². The van der Waals surface area contributed by atoms with E-state index < -0.39 is 16.5 Å². The van der Waals surface area contributed by atoms with Crippen molar-refractivity contribution in [2.45, 2.75) is 31.8 Å². The number of aromatic nitrogens is 4. The molecule has 2 N–H and O–H groups in total. The van der Waals surface area contributed by atoms with Crippen LogP contribution in [0.15, 0.2) is 101 Å². The summed E-state index contributed by atoms with van der Waals surface area (Å²) in [5.41, 5.74) is 2.75. The van der Waals surface area contributed by atoms with Gasteiger partial charge in [0, 0.05) is 46.0 Å². The van der Waals surface area contributed by atoms with E-state index in [1.54, 1.807) is 12.4 Å². The van der Waals surface area contributed by atoms with Gasteiger partial charge in [0.15, 0.2) is 11.6 Å². The van der Waals surface area contributed by atoms with Crippen molar-refractivity contribution in [3.05, 3.63) is 113 Å². The topological polar surface area (TPSA) is 118 Å². The zero-order valence-electron chi connectivity index (χ0n) is 24.7. The lowest BCUT2D eigenvalue weighted by atomic mass is 9.73. The Morgan fingerprint density at radius 2 is 1.75 bits per heavy atom. The Kier molecular flexibility index (Phi) is 5.74. The van der Waals surface area contributed by atoms with Crippen LogP contribution in [-0.4, -0.2) is 55.9 Å². The van der Waals surface area contributed by atoms with Crippen LogP contribution in [0.25, 0.3) is 23.5 Å². The summed E-state index contributed by atoms with van der Waals surface area (Å²) < 4.78 is 5.62. The van der Waals surface area contributed by atoms with Crippen molar-refractivity contribution in [3.63, 3.8) is 0 Å². The Morgan fingerprint density at radius 1 is 0.932 bits per heavy atom. The SMILES string of the molecule is Cc1ccc(-c2nccc(C34C=CC(=N3)C=c3ccc([nH]3)=CC3=NC(=CC5(C6COC6)NC(=C4)C(C)(C)C5=O)C=C3)n2)cn1. The van der Waals surface area contributed by atoms with Crippen molar-refractivity contribution in [1.82, 2.24) is 25.3 Å². The first-order valence-corrected chi connectivity index (χ1v) is 14.8. The number of ketones is 1. The van der Waals surface area contributed by atoms with Gasteiger partial charge in [-0.3, -0.25) is 14.8 Å². The van der Waals surface area contributed by atoms with E-state index in [2.05, 4.69) is 26.3 Å². The van der Waals surface area contributed by atoms with Crippen LogP contribution < -0.4 is 16.0 Å². The van der Waals surface area contributed by atoms with Crippen LogP contribution in [-0.2, 0) is 15.1 Å². The van der Waals surface area contributed by atoms with Gasteiger partial charge in [-0.05, 0) is 99.7 Å². The van der Waals surface area contributed by atoms with Crippen molar-refractivity contribution in [2.24, 2.45) is 21.3 Å². The molecule has 8 heterocycles. The predicted octanol–water partition coefficient (Wildman–Crippen LogP) is 3.02. The number of carbonyl (C=O) groups is 1. The Labute approximate surface area is 254 Å². The molecular formula is C35H31N7O2. The number of nitrogens with zero attached hydrogens (tertiary/aromatic N) is 5. The number of hydrogen-bond donors (Lipinski definition) is 2. The summed E-state index contributed by atoms with van der Waals surface area (Å²) in [6.45, 7) is 6.88. The number of hydrogen-bond acceptors (Lipinski definition) is 8. The van der Waals surface area contributed by atoms with Crippen LogP contribution in [0.2, 0.25) is 0 Å². The Bertz CT molecular complexity index is 2040. The van der Waals surface area contributed by atoms with Crippen molar-refractivity contribution in [3.8, 4) is 11.4 Å². The second kappa shape index (κ2) is 9.49. The molecule has 0 aliphatic carbocycles. The summed E-state index contributed by atoms with van der Waals surface area (Å²) in [6.07, 6.45) is 19.6. The Hall–Kier alpha value is -5.02. The molecule has 8 rings (SSSR count). The van der Waals surface area contributed by atoms with E-state index in [9.17, 15) is 4.79 Å². The number of fused-ring (bicyclic) bond motifs is 6. The third-order valence-electron chi connectivity index (χ3n) is 9.06. The maximum atomic E-state index is 14.5. The fourth-order valence-electron chi connectivity index (χ4n) is 6.42. The van der Waals surface area contributed by atoms with Gasteiger partial charge in [0.1, 0.15) is 11.1 Å². The first-order valence-electron chi connectivity index (χ1n) is 14.8. The Morgan fingerprint density at radius 3 is 2.50 bits per heavy atom. The van der Waals surface area contributed by atoms with E-state index in [1.807, 2.05) is 93.6 Å². The third-order valence-corrected chi connectivity index (χ3v) is 9.06. The second-order valence-corrected chi connectivity index (χ2v) is 12.5. The quantitative estimate of drug-likeness (QED) is 0.491. The summed E-state index contributed by atoms with van der Waals surface area (Å²) in [6, 6.07) is 9.85. The van der Waals surface area contributed by atoms with Gasteiger partial charge in [0.05, 0.1) is 41.4 Å². The lowest BCUT2D eigenvalue weighted by Crippen LogP contribution is -2.58. The summed E-state index contributed by atoms with van der Waals surface area (Å²) in [5.74, 6) is 0.608. The zero-order valence-corrected chi connectivity index (χ0v) is 24.7. The lowest BCUT2D eigenvalue weighted by molar-refractivity contribution is -0.136. The number of carbonyl (C=O) groups excluding carboxylic acids is 1. The van der Waals surface area contributed by atoms with Gasteiger partial charge in [-0.15, -0.1) is 0 Å². The number of aromatic amines is 1. The number of aliphatic imine (C=N–C) groups is 2. The molecule has 0 saturated carbocycles. The van der Waals surface area contributed by atoms with Crippen LogP contribution >= 0.6 is 0 Å². The van der Waals surface area contributed by atoms with Crippen LogP contribution in [0, 0.1) is 18.3 Å². The van der Waals surface area contributed by atoms with E-state index in [-0.39, 0.29) is 11.7 Å². The average molecular weight is 582 g/mol. The van der Waals surface area contributed by atoms with Crippen LogP contribution in [0.5, 0.6) is 0 Å². The van der Waals surface area contributed by atoms with Gasteiger partial charge in [-0.1, -0.05) is 0 Å². The molecule has 9 heteroatoms. The molecule has 8 bridgehead atoms. The summed E-state index contributed by atoms with van der Waals surface area (Å²) in [7, 11) is 0. The smallest absolute Gasteiger partial charge is 0.174 e. The number of allylic oxidation sites excluding steroid dienone is 4. The van der Waals surface area contributed by atoms with Crippen LogP contribution in [0.1, 0.15) is 25.2 Å². The van der Waals surface area contributed by atoms with Crippen LogP contribution in [0.3, 0.4) is 0 Å². The fraction of sp³-hybridized carbons (Fsp3) is 0.257. The van der Waals surface area contributed by atoms with Gasteiger partial charge in [0.25, 0.3) is 0 Å². The number of nitrogens with one attached hydrogen (secondary N) is 2.